The number of rotatable bonds is 9. The Labute approximate surface area is 357 Å². The van der Waals surface area contributed by atoms with E-state index in [1.54, 1.807) is 0 Å². The molecule has 4 aliphatic carbocycles. The highest BCUT2D eigenvalue weighted by molar-refractivity contribution is 5.26. The van der Waals surface area contributed by atoms with Crippen molar-refractivity contribution in [2.45, 2.75) is 196 Å². The Morgan fingerprint density at radius 3 is 2.18 bits per heavy atom. The summed E-state index contributed by atoms with van der Waals surface area (Å²) in [5.74, 6) is 2.62. The van der Waals surface area contributed by atoms with E-state index in [4.69, 9.17) is 43.2 Å². The number of allylic oxidation sites excluding steroid dienone is 1. The van der Waals surface area contributed by atoms with Crippen LogP contribution in [0, 0.1) is 46.3 Å². The molecule has 17 heteroatoms. The Hall–Kier alpha value is -0.940. The SMILES string of the molecule is CC1OC(OC2[C@H](O[C@H]3CC[C@@]4(C)C(=CCC5C6CC7OC8(CC[C@@H](C)CO8)[C@@H](C)C7[C@@]6(C)CCC54)C3)OC(CO)[C@@H](O[C@@H]3O[C@@H](COO)[C@@H](O)[C@H]3O)[C@@H]2O)C(O)C(O)C1O. The molecule has 8 N–H and O–H groups in total. The monoisotopic (exact) mass is 870 g/mol. The second-order valence-corrected chi connectivity index (χ2v) is 20.7. The third-order valence-electron chi connectivity index (χ3n) is 17.4. The van der Waals surface area contributed by atoms with Crippen molar-refractivity contribution in [1.82, 2.24) is 0 Å². The van der Waals surface area contributed by atoms with Gasteiger partial charge in [-0.05, 0) is 98.7 Å². The number of fused-ring (bicyclic) bond motifs is 7. The molecular weight excluding hydrogens is 800 g/mol. The van der Waals surface area contributed by atoms with Crippen molar-refractivity contribution < 1.29 is 83.8 Å². The number of hydrogen-bond donors (Lipinski definition) is 8. The van der Waals surface area contributed by atoms with E-state index in [1.807, 2.05) is 0 Å². The predicted octanol–water partition coefficient (Wildman–Crippen LogP) is 1.35. The second kappa shape index (κ2) is 17.0. The van der Waals surface area contributed by atoms with Crippen LogP contribution in [0.2, 0.25) is 0 Å². The van der Waals surface area contributed by atoms with Gasteiger partial charge in [-0.25, -0.2) is 4.89 Å². The molecule has 5 saturated heterocycles. The lowest BCUT2D eigenvalue weighted by atomic mass is 9.47. The van der Waals surface area contributed by atoms with Crippen molar-refractivity contribution in [3.05, 3.63) is 11.6 Å². The molecule has 5 heterocycles. The molecule has 9 aliphatic rings. The first-order chi connectivity index (χ1) is 29.0. The molecule has 0 radical (unpaired) electrons. The molecule has 348 valence electrons. The largest absolute Gasteiger partial charge is 0.394 e. The second-order valence-electron chi connectivity index (χ2n) is 20.7. The molecule has 1 spiro atoms. The maximum absolute atomic E-state index is 12.0. The Kier molecular flexibility index (Phi) is 12.6. The molecule has 0 amide bonds. The third-order valence-corrected chi connectivity index (χ3v) is 17.4. The molecule has 17 nitrogen and oxygen atoms in total. The molecule has 8 fully saturated rings. The summed E-state index contributed by atoms with van der Waals surface area (Å²) in [6.45, 7) is 10.8. The van der Waals surface area contributed by atoms with Crippen LogP contribution in [0.1, 0.15) is 92.4 Å². The van der Waals surface area contributed by atoms with Gasteiger partial charge in [0.1, 0.15) is 67.6 Å². The fraction of sp³-hybridized carbons (Fsp3) is 0.955. The van der Waals surface area contributed by atoms with Crippen LogP contribution in [0.5, 0.6) is 0 Å². The van der Waals surface area contributed by atoms with Crippen LogP contribution in [0.4, 0.5) is 0 Å². The summed E-state index contributed by atoms with van der Waals surface area (Å²) in [5, 5.41) is 84.4. The van der Waals surface area contributed by atoms with Crippen molar-refractivity contribution >= 4 is 0 Å². The molecule has 5 aliphatic heterocycles. The molecule has 0 aromatic carbocycles. The van der Waals surface area contributed by atoms with Crippen LogP contribution >= 0.6 is 0 Å². The van der Waals surface area contributed by atoms with Crippen LogP contribution < -0.4 is 0 Å². The quantitative estimate of drug-likeness (QED) is 0.0926. The van der Waals surface area contributed by atoms with E-state index in [0.717, 1.165) is 45.1 Å². The molecule has 13 unspecified atom stereocenters. The normalized spacial score (nSPS) is 57.0. The van der Waals surface area contributed by atoms with Gasteiger partial charge in [0.05, 0.1) is 31.5 Å². The summed E-state index contributed by atoms with van der Waals surface area (Å²) in [7, 11) is 0. The lowest BCUT2D eigenvalue weighted by Crippen LogP contribution is -2.65. The van der Waals surface area contributed by atoms with Gasteiger partial charge in [0, 0.05) is 12.3 Å². The standard InChI is InChI=1S/C44H70O17/c1-19-8-13-44(53-17-19)20(2)30-27(61-44)15-26-24-7-6-22-14-23(9-11-42(22,4)25(24)10-12-43(26,30)5)56-41-38(60-39-35(50)33(48)31(46)21(3)55-39)36(51)37(28(16-45)57-41)59-40-34(49)32(47)29(58-40)18-54-52/h6,19-21,23-41,45-52H,7-18H2,1-5H3/t19-,20+,21?,23+,24?,25?,26?,27?,28?,29+,30?,31?,32-,33?,34-,35?,36+,37-,38?,39?,40+,41-,42+,43+,44?/m1/s1. The van der Waals surface area contributed by atoms with Crippen LogP contribution in [0.3, 0.4) is 0 Å². The lowest BCUT2D eigenvalue weighted by molar-refractivity contribution is -0.380. The molecule has 25 atom stereocenters. The Morgan fingerprint density at radius 1 is 0.738 bits per heavy atom. The molecule has 0 aromatic rings. The topological polar surface area (TPSA) is 245 Å². The van der Waals surface area contributed by atoms with Crippen molar-refractivity contribution in [1.29, 1.82) is 0 Å². The van der Waals surface area contributed by atoms with E-state index < -0.39 is 105 Å². The van der Waals surface area contributed by atoms with E-state index in [2.05, 4.69) is 38.7 Å². The van der Waals surface area contributed by atoms with E-state index in [-0.39, 0.29) is 23.0 Å². The number of aliphatic hydroxyl groups excluding tert-OH is 7. The van der Waals surface area contributed by atoms with Gasteiger partial charge < -0.3 is 73.6 Å². The average molecular weight is 871 g/mol. The summed E-state index contributed by atoms with van der Waals surface area (Å²) in [6, 6.07) is 0. The molecule has 0 bridgehead atoms. The third kappa shape index (κ3) is 7.51. The Bertz CT molecular complexity index is 1580. The molecule has 3 saturated carbocycles. The van der Waals surface area contributed by atoms with Gasteiger partial charge in [0.25, 0.3) is 0 Å². The minimum absolute atomic E-state index is 0.0215. The first kappa shape index (κ1) is 45.2. The van der Waals surface area contributed by atoms with Crippen LogP contribution in [0.15, 0.2) is 11.6 Å². The first-order valence-corrected chi connectivity index (χ1v) is 22.9. The predicted molar refractivity (Wildman–Crippen MR) is 210 cm³/mol. The fourth-order valence-corrected chi connectivity index (χ4v) is 13.9. The number of ether oxygens (including phenoxy) is 8. The maximum atomic E-state index is 12.0. The zero-order chi connectivity index (χ0) is 43.3. The van der Waals surface area contributed by atoms with Gasteiger partial charge in [-0.15, -0.1) is 0 Å². The first-order valence-electron chi connectivity index (χ1n) is 22.9. The number of hydrogen-bond acceptors (Lipinski definition) is 17. The summed E-state index contributed by atoms with van der Waals surface area (Å²) in [6.07, 6.45) is -9.10. The molecule has 0 aromatic heterocycles. The smallest absolute Gasteiger partial charge is 0.187 e. The number of aliphatic hydroxyl groups is 7. The van der Waals surface area contributed by atoms with Crippen molar-refractivity contribution in [3.63, 3.8) is 0 Å². The zero-order valence-corrected chi connectivity index (χ0v) is 36.0. The minimum atomic E-state index is -1.71. The van der Waals surface area contributed by atoms with Gasteiger partial charge >= 0.3 is 0 Å². The van der Waals surface area contributed by atoms with Crippen molar-refractivity contribution in [2.75, 3.05) is 19.8 Å². The van der Waals surface area contributed by atoms with Gasteiger partial charge in [-0.3, -0.25) is 5.26 Å². The Balaban J connectivity index is 0.911. The van der Waals surface area contributed by atoms with Crippen molar-refractivity contribution in [2.24, 2.45) is 46.3 Å². The summed E-state index contributed by atoms with van der Waals surface area (Å²) in [5.41, 5.74) is 1.52. The lowest BCUT2D eigenvalue weighted by Gasteiger charge is -2.58. The highest BCUT2D eigenvalue weighted by Gasteiger charge is 2.69. The average Bonchev–Trinajstić information content (AvgIpc) is 3.79. The minimum Gasteiger partial charge on any atom is -0.394 e. The summed E-state index contributed by atoms with van der Waals surface area (Å²) in [4.78, 5) is 4.10. The van der Waals surface area contributed by atoms with Gasteiger partial charge in [0.2, 0.25) is 0 Å². The van der Waals surface area contributed by atoms with Crippen LogP contribution in [-0.2, 0) is 42.8 Å². The van der Waals surface area contributed by atoms with Crippen LogP contribution in [0.25, 0.3) is 0 Å². The van der Waals surface area contributed by atoms with E-state index in [9.17, 15) is 35.7 Å². The fourth-order valence-electron chi connectivity index (χ4n) is 13.9. The van der Waals surface area contributed by atoms with Crippen LogP contribution in [-0.4, -0.2) is 165 Å². The van der Waals surface area contributed by atoms with E-state index in [0.29, 0.717) is 48.3 Å². The maximum Gasteiger partial charge on any atom is 0.187 e. The zero-order valence-electron chi connectivity index (χ0n) is 36.0. The van der Waals surface area contributed by atoms with Gasteiger partial charge in [-0.2, -0.15) is 0 Å². The highest BCUT2D eigenvalue weighted by Crippen LogP contribution is 2.70. The summed E-state index contributed by atoms with van der Waals surface area (Å²) < 4.78 is 49.9. The van der Waals surface area contributed by atoms with E-state index in [1.165, 1.54) is 18.9 Å². The van der Waals surface area contributed by atoms with E-state index >= 15 is 0 Å². The molecule has 9 rings (SSSR count). The van der Waals surface area contributed by atoms with Gasteiger partial charge in [0.15, 0.2) is 24.7 Å². The van der Waals surface area contributed by atoms with Gasteiger partial charge in [-0.1, -0.05) is 39.3 Å². The molecular formula is C44H70O17. The Morgan fingerprint density at radius 2 is 1.46 bits per heavy atom. The molecule has 61 heavy (non-hydrogen) atoms. The highest BCUT2D eigenvalue weighted by atomic mass is 17.1. The van der Waals surface area contributed by atoms with Crippen molar-refractivity contribution in [3.8, 4) is 0 Å². The summed E-state index contributed by atoms with van der Waals surface area (Å²) >= 11 is 0.